The number of anilines is 2. The summed E-state index contributed by atoms with van der Waals surface area (Å²) in [5.41, 5.74) is 4.19. The number of benzene rings is 3. The Morgan fingerprint density at radius 2 is 1.77 bits per heavy atom. The van der Waals surface area contributed by atoms with Gasteiger partial charge in [-0.15, -0.1) is 0 Å². The van der Waals surface area contributed by atoms with Crippen LogP contribution < -0.4 is 14.8 Å². The van der Waals surface area contributed by atoms with Crippen molar-refractivity contribution in [1.29, 1.82) is 5.26 Å². The van der Waals surface area contributed by atoms with Gasteiger partial charge in [0, 0.05) is 11.8 Å². The maximum atomic E-state index is 9.42. The van der Waals surface area contributed by atoms with Gasteiger partial charge in [0.25, 0.3) is 0 Å². The first-order valence-corrected chi connectivity index (χ1v) is 8.33. The Balaban J connectivity index is 1.81. The van der Waals surface area contributed by atoms with E-state index in [0.717, 1.165) is 22.6 Å². The topological polar surface area (TPSA) is 54.3 Å². The Bertz CT molecular complexity index is 931. The van der Waals surface area contributed by atoms with E-state index in [1.54, 1.807) is 13.2 Å². The van der Waals surface area contributed by atoms with Crippen molar-refractivity contribution in [2.45, 2.75) is 13.5 Å². The normalized spacial score (nSPS) is 10.0. The maximum absolute atomic E-state index is 9.42. The van der Waals surface area contributed by atoms with Gasteiger partial charge in [0.05, 0.1) is 12.8 Å². The molecule has 0 spiro atoms. The molecule has 0 aliphatic heterocycles. The molecule has 0 bridgehead atoms. The zero-order valence-corrected chi connectivity index (χ0v) is 14.8. The summed E-state index contributed by atoms with van der Waals surface area (Å²) in [5.74, 6) is 1.35. The van der Waals surface area contributed by atoms with E-state index in [2.05, 4.69) is 11.4 Å². The molecule has 1 N–H and O–H groups in total. The van der Waals surface area contributed by atoms with Crippen LogP contribution in [0.2, 0.25) is 0 Å². The smallest absolute Gasteiger partial charge is 0.138 e. The van der Waals surface area contributed by atoms with Crippen molar-refractivity contribution < 1.29 is 9.47 Å². The molecular weight excluding hydrogens is 324 g/mol. The lowest BCUT2D eigenvalue weighted by Gasteiger charge is -2.14. The summed E-state index contributed by atoms with van der Waals surface area (Å²) in [6.45, 7) is 2.52. The van der Waals surface area contributed by atoms with E-state index in [1.807, 2.05) is 67.6 Å². The van der Waals surface area contributed by atoms with Gasteiger partial charge in [-0.3, -0.25) is 0 Å². The number of nitrogens with zero attached hydrogens (tertiary/aromatic N) is 1. The highest BCUT2D eigenvalue weighted by Gasteiger charge is 2.10. The van der Waals surface area contributed by atoms with Crippen LogP contribution >= 0.6 is 0 Å². The first-order valence-electron chi connectivity index (χ1n) is 8.33. The van der Waals surface area contributed by atoms with E-state index in [-0.39, 0.29) is 0 Å². The van der Waals surface area contributed by atoms with E-state index in [4.69, 9.17) is 9.47 Å². The van der Waals surface area contributed by atoms with E-state index < -0.39 is 0 Å². The number of nitrogens with one attached hydrogen (secondary N) is 1. The molecule has 4 nitrogen and oxygen atoms in total. The summed E-state index contributed by atoms with van der Waals surface area (Å²) in [4.78, 5) is 0. The van der Waals surface area contributed by atoms with E-state index in [9.17, 15) is 5.26 Å². The predicted molar refractivity (Wildman–Crippen MR) is 103 cm³/mol. The van der Waals surface area contributed by atoms with Crippen molar-refractivity contribution >= 4 is 11.4 Å². The van der Waals surface area contributed by atoms with Crippen LogP contribution in [0.15, 0.2) is 66.7 Å². The Morgan fingerprint density at radius 1 is 0.962 bits per heavy atom. The number of aryl methyl sites for hydroxylation is 1. The minimum Gasteiger partial charge on any atom is -0.495 e. The molecule has 3 aromatic rings. The van der Waals surface area contributed by atoms with Crippen molar-refractivity contribution in [3.63, 3.8) is 0 Å². The number of ether oxygens (including phenoxy) is 2. The van der Waals surface area contributed by atoms with Crippen LogP contribution in [0.25, 0.3) is 0 Å². The second-order valence-corrected chi connectivity index (χ2v) is 5.87. The lowest BCUT2D eigenvalue weighted by molar-refractivity contribution is 0.304. The molecule has 0 aliphatic carbocycles. The minimum absolute atomic E-state index is 0.474. The third kappa shape index (κ3) is 3.96. The lowest BCUT2D eigenvalue weighted by Crippen LogP contribution is -1.99. The zero-order chi connectivity index (χ0) is 18.4. The summed E-state index contributed by atoms with van der Waals surface area (Å²) in [7, 11) is 1.56. The van der Waals surface area contributed by atoms with E-state index >= 15 is 0 Å². The summed E-state index contributed by atoms with van der Waals surface area (Å²) in [5, 5.41) is 12.7. The van der Waals surface area contributed by atoms with Gasteiger partial charge in [-0.05, 0) is 36.2 Å². The SMILES string of the molecule is COc1cccc(Nc2ccc(C)c(OCc3ccccc3)c2)c1C#N. The van der Waals surface area contributed by atoms with Gasteiger partial charge in [-0.25, -0.2) is 0 Å². The quantitative estimate of drug-likeness (QED) is 0.668. The van der Waals surface area contributed by atoms with E-state index in [1.165, 1.54) is 0 Å². The highest BCUT2D eigenvalue weighted by atomic mass is 16.5. The molecular formula is C22H20N2O2. The van der Waals surface area contributed by atoms with Crippen LogP contribution in [0, 0.1) is 18.3 Å². The molecule has 0 radical (unpaired) electrons. The maximum Gasteiger partial charge on any atom is 0.138 e. The van der Waals surface area contributed by atoms with Crippen LogP contribution in [0.3, 0.4) is 0 Å². The van der Waals surface area contributed by atoms with Crippen molar-refractivity contribution in [2.75, 3.05) is 12.4 Å². The standard InChI is InChI=1S/C22H20N2O2/c1-16-11-12-18(13-22(16)26-15-17-7-4-3-5-8-17)24-20-9-6-10-21(25-2)19(20)14-23/h3-13,24H,15H2,1-2H3. The molecule has 0 fully saturated rings. The molecule has 0 atom stereocenters. The Hall–Kier alpha value is -3.45. The Morgan fingerprint density at radius 3 is 2.50 bits per heavy atom. The van der Waals surface area contributed by atoms with Crippen LogP contribution in [0.1, 0.15) is 16.7 Å². The molecule has 0 aliphatic rings. The number of methoxy groups -OCH3 is 1. The number of nitriles is 1. The van der Waals surface area contributed by atoms with Crippen LogP contribution in [0.4, 0.5) is 11.4 Å². The molecule has 3 aromatic carbocycles. The van der Waals surface area contributed by atoms with Crippen LogP contribution in [0.5, 0.6) is 11.5 Å². The Kier molecular flexibility index (Phi) is 5.40. The number of hydrogen-bond donors (Lipinski definition) is 1. The van der Waals surface area contributed by atoms with Gasteiger partial charge in [0.1, 0.15) is 29.7 Å². The van der Waals surface area contributed by atoms with Crippen molar-refractivity contribution in [2.24, 2.45) is 0 Å². The van der Waals surface area contributed by atoms with Gasteiger partial charge < -0.3 is 14.8 Å². The molecule has 26 heavy (non-hydrogen) atoms. The predicted octanol–water partition coefficient (Wildman–Crippen LogP) is 5.20. The van der Waals surface area contributed by atoms with Gasteiger partial charge in [-0.2, -0.15) is 5.26 Å². The second-order valence-electron chi connectivity index (χ2n) is 5.87. The van der Waals surface area contributed by atoms with Crippen molar-refractivity contribution in [3.8, 4) is 17.6 Å². The fourth-order valence-corrected chi connectivity index (χ4v) is 2.64. The lowest BCUT2D eigenvalue weighted by atomic mass is 10.1. The monoisotopic (exact) mass is 344 g/mol. The molecule has 0 aromatic heterocycles. The molecule has 3 rings (SSSR count). The molecule has 130 valence electrons. The molecule has 0 heterocycles. The molecule has 0 saturated carbocycles. The summed E-state index contributed by atoms with van der Waals surface area (Å²) in [6.07, 6.45) is 0. The van der Waals surface area contributed by atoms with Gasteiger partial charge in [-0.1, -0.05) is 42.5 Å². The van der Waals surface area contributed by atoms with Gasteiger partial charge in [0.2, 0.25) is 0 Å². The van der Waals surface area contributed by atoms with Crippen molar-refractivity contribution in [3.05, 3.63) is 83.4 Å². The summed E-state index contributed by atoms with van der Waals surface area (Å²) < 4.78 is 11.2. The molecule has 0 amide bonds. The van der Waals surface area contributed by atoms with Crippen LogP contribution in [-0.4, -0.2) is 7.11 Å². The first kappa shape index (κ1) is 17.4. The van der Waals surface area contributed by atoms with Gasteiger partial charge >= 0.3 is 0 Å². The molecule has 0 unspecified atom stereocenters. The number of hydrogen-bond acceptors (Lipinski definition) is 4. The Labute approximate surface area is 153 Å². The third-order valence-corrected chi connectivity index (χ3v) is 4.06. The highest BCUT2D eigenvalue weighted by Crippen LogP contribution is 2.30. The fourth-order valence-electron chi connectivity index (χ4n) is 2.64. The average molecular weight is 344 g/mol. The number of rotatable bonds is 6. The summed E-state index contributed by atoms with van der Waals surface area (Å²) in [6, 6.07) is 23.6. The second kappa shape index (κ2) is 8.09. The largest absolute Gasteiger partial charge is 0.495 e. The molecule has 0 saturated heterocycles. The zero-order valence-electron chi connectivity index (χ0n) is 14.8. The molecule has 4 heteroatoms. The third-order valence-electron chi connectivity index (χ3n) is 4.06. The summed E-state index contributed by atoms with van der Waals surface area (Å²) >= 11 is 0. The highest BCUT2D eigenvalue weighted by molar-refractivity contribution is 5.71. The average Bonchev–Trinajstić information content (AvgIpc) is 2.69. The minimum atomic E-state index is 0.474. The fraction of sp³-hybridized carbons (Fsp3) is 0.136. The van der Waals surface area contributed by atoms with Crippen LogP contribution in [-0.2, 0) is 6.61 Å². The van der Waals surface area contributed by atoms with E-state index in [0.29, 0.717) is 23.6 Å². The first-order chi connectivity index (χ1) is 12.7. The van der Waals surface area contributed by atoms with Gasteiger partial charge in [0.15, 0.2) is 0 Å². The van der Waals surface area contributed by atoms with Crippen molar-refractivity contribution in [1.82, 2.24) is 0 Å².